The van der Waals surface area contributed by atoms with Gasteiger partial charge in [0.05, 0.1) is 7.11 Å². The minimum atomic E-state index is -0.147. The van der Waals surface area contributed by atoms with Crippen molar-refractivity contribution >= 4 is 12.0 Å². The van der Waals surface area contributed by atoms with Gasteiger partial charge in [-0.1, -0.05) is 66.8 Å². The first-order valence-corrected chi connectivity index (χ1v) is 8.45. The molecule has 25 heavy (non-hydrogen) atoms. The zero-order valence-electron chi connectivity index (χ0n) is 14.6. The lowest BCUT2D eigenvalue weighted by atomic mass is 10.2. The average molecular weight is 336 g/mol. The Morgan fingerprint density at radius 2 is 1.76 bits per heavy atom. The van der Waals surface area contributed by atoms with Gasteiger partial charge >= 0.3 is 5.97 Å². The van der Waals surface area contributed by atoms with E-state index in [0.29, 0.717) is 13.0 Å². The zero-order chi connectivity index (χ0) is 17.7. The third-order valence-corrected chi connectivity index (χ3v) is 3.65. The van der Waals surface area contributed by atoms with Gasteiger partial charge in [0.1, 0.15) is 12.4 Å². The minimum absolute atomic E-state index is 0.147. The van der Waals surface area contributed by atoms with Crippen LogP contribution in [-0.4, -0.2) is 13.1 Å². The van der Waals surface area contributed by atoms with Crippen LogP contribution in [-0.2, 0) is 16.1 Å². The lowest BCUT2D eigenvalue weighted by Gasteiger charge is -2.03. The number of methoxy groups -OCH3 is 1. The second-order valence-electron chi connectivity index (χ2n) is 5.60. The number of carbonyl (C=O) groups is 1. The monoisotopic (exact) mass is 336 g/mol. The van der Waals surface area contributed by atoms with E-state index >= 15 is 0 Å². The molecule has 2 rings (SSSR count). The van der Waals surface area contributed by atoms with Crippen molar-refractivity contribution < 1.29 is 14.3 Å². The van der Waals surface area contributed by atoms with Gasteiger partial charge in [-0.25, -0.2) is 0 Å². The number of esters is 1. The lowest BCUT2D eigenvalue weighted by molar-refractivity contribution is -0.145. The number of carbonyl (C=O) groups excluding carboxylic acids is 1. The van der Waals surface area contributed by atoms with Crippen molar-refractivity contribution in [3.8, 4) is 5.75 Å². The van der Waals surface area contributed by atoms with Gasteiger partial charge in [-0.2, -0.15) is 0 Å². The van der Waals surface area contributed by atoms with Crippen LogP contribution in [0.5, 0.6) is 5.75 Å². The molecule has 2 aromatic carbocycles. The second kappa shape index (κ2) is 10.9. The smallest absolute Gasteiger partial charge is 0.306 e. The summed E-state index contributed by atoms with van der Waals surface area (Å²) >= 11 is 0. The molecule has 0 aliphatic heterocycles. The quantitative estimate of drug-likeness (QED) is 0.360. The van der Waals surface area contributed by atoms with E-state index in [1.807, 2.05) is 72.8 Å². The molecule has 0 spiro atoms. The summed E-state index contributed by atoms with van der Waals surface area (Å²) < 4.78 is 10.4. The van der Waals surface area contributed by atoms with Crippen LogP contribution in [0.1, 0.15) is 30.4 Å². The van der Waals surface area contributed by atoms with Crippen LogP contribution in [0.25, 0.3) is 6.08 Å². The van der Waals surface area contributed by atoms with Gasteiger partial charge in [0.15, 0.2) is 0 Å². The van der Waals surface area contributed by atoms with Crippen molar-refractivity contribution in [1.29, 1.82) is 0 Å². The van der Waals surface area contributed by atoms with E-state index in [9.17, 15) is 4.79 Å². The molecule has 0 radical (unpaired) electrons. The van der Waals surface area contributed by atoms with Crippen LogP contribution in [0.2, 0.25) is 0 Å². The fourth-order valence-corrected chi connectivity index (χ4v) is 2.23. The second-order valence-corrected chi connectivity index (χ2v) is 5.60. The molecule has 0 N–H and O–H groups in total. The number of hydrogen-bond acceptors (Lipinski definition) is 3. The molecule has 0 saturated heterocycles. The Labute approximate surface area is 149 Å². The highest BCUT2D eigenvalue weighted by molar-refractivity contribution is 5.69. The van der Waals surface area contributed by atoms with Crippen molar-refractivity contribution in [2.24, 2.45) is 0 Å². The maximum Gasteiger partial charge on any atom is 0.306 e. The van der Waals surface area contributed by atoms with E-state index < -0.39 is 0 Å². The van der Waals surface area contributed by atoms with Gasteiger partial charge in [0, 0.05) is 6.42 Å². The van der Waals surface area contributed by atoms with Gasteiger partial charge in [-0.15, -0.1) is 0 Å². The number of unbranched alkanes of at least 4 members (excludes halogenated alkanes) is 1. The van der Waals surface area contributed by atoms with E-state index in [4.69, 9.17) is 9.47 Å². The highest BCUT2D eigenvalue weighted by Gasteiger charge is 2.02. The molecule has 2 aromatic rings. The summed E-state index contributed by atoms with van der Waals surface area (Å²) in [7, 11) is 1.66. The van der Waals surface area contributed by atoms with Crippen molar-refractivity contribution in [2.45, 2.75) is 25.9 Å². The van der Waals surface area contributed by atoms with Gasteiger partial charge in [-0.3, -0.25) is 4.79 Å². The normalized spacial score (nSPS) is 11.1. The van der Waals surface area contributed by atoms with Crippen LogP contribution >= 0.6 is 0 Å². The van der Waals surface area contributed by atoms with Crippen molar-refractivity contribution in [3.05, 3.63) is 84.0 Å². The minimum Gasteiger partial charge on any atom is -0.497 e. The summed E-state index contributed by atoms with van der Waals surface area (Å²) in [5.74, 6) is 0.706. The summed E-state index contributed by atoms with van der Waals surface area (Å²) in [5, 5.41) is 0. The van der Waals surface area contributed by atoms with Gasteiger partial charge in [-0.05, 0) is 36.1 Å². The summed E-state index contributed by atoms with van der Waals surface area (Å²) in [6.45, 7) is 0.347. The number of rotatable bonds is 9. The molecule has 3 heteroatoms. The van der Waals surface area contributed by atoms with Crippen LogP contribution in [0.15, 0.2) is 72.8 Å². The topological polar surface area (TPSA) is 35.5 Å². The largest absolute Gasteiger partial charge is 0.497 e. The van der Waals surface area contributed by atoms with Gasteiger partial charge in [0.2, 0.25) is 0 Å². The third-order valence-electron chi connectivity index (χ3n) is 3.65. The Kier molecular flexibility index (Phi) is 8.06. The number of benzene rings is 2. The molecule has 0 heterocycles. The Hall–Kier alpha value is -2.81. The van der Waals surface area contributed by atoms with Gasteiger partial charge < -0.3 is 9.47 Å². The first-order valence-electron chi connectivity index (χ1n) is 8.45. The SMILES string of the molecule is COc1ccc(/C=C/C=C\CCCC(=O)OCc2ccccc2)cc1. The molecular formula is C22H24O3. The molecule has 0 unspecified atom stereocenters. The summed E-state index contributed by atoms with van der Waals surface area (Å²) in [6.07, 6.45) is 10.2. The van der Waals surface area contributed by atoms with E-state index in [2.05, 4.69) is 6.08 Å². The first-order chi connectivity index (χ1) is 12.3. The van der Waals surface area contributed by atoms with Crippen molar-refractivity contribution in [1.82, 2.24) is 0 Å². The predicted octanol–water partition coefficient (Wildman–Crippen LogP) is 5.18. The molecule has 0 fully saturated rings. The fourth-order valence-electron chi connectivity index (χ4n) is 2.23. The number of ether oxygens (including phenoxy) is 2. The van der Waals surface area contributed by atoms with E-state index in [1.165, 1.54) is 0 Å². The van der Waals surface area contributed by atoms with E-state index in [-0.39, 0.29) is 5.97 Å². The molecule has 0 aliphatic carbocycles. The van der Waals surface area contributed by atoms with Crippen LogP contribution < -0.4 is 4.74 Å². The van der Waals surface area contributed by atoms with Crippen LogP contribution in [0.3, 0.4) is 0 Å². The summed E-state index contributed by atoms with van der Waals surface area (Å²) in [4.78, 5) is 11.7. The maximum absolute atomic E-state index is 11.7. The zero-order valence-corrected chi connectivity index (χ0v) is 14.6. The lowest BCUT2D eigenvalue weighted by Crippen LogP contribution is -2.03. The van der Waals surface area contributed by atoms with Crippen molar-refractivity contribution in [2.75, 3.05) is 7.11 Å². The molecule has 3 nitrogen and oxygen atoms in total. The molecule has 0 bridgehead atoms. The van der Waals surface area contributed by atoms with E-state index in [0.717, 1.165) is 29.7 Å². The first kappa shape index (κ1) is 18.5. The van der Waals surface area contributed by atoms with Crippen molar-refractivity contribution in [3.63, 3.8) is 0 Å². The molecule has 0 aromatic heterocycles. The molecule has 130 valence electrons. The highest BCUT2D eigenvalue weighted by Crippen LogP contribution is 2.12. The van der Waals surface area contributed by atoms with Crippen LogP contribution in [0.4, 0.5) is 0 Å². The Bertz CT molecular complexity index is 685. The Morgan fingerprint density at radius 1 is 1.00 bits per heavy atom. The highest BCUT2D eigenvalue weighted by atomic mass is 16.5. The molecule has 0 saturated carbocycles. The summed E-state index contributed by atoms with van der Waals surface area (Å²) in [6, 6.07) is 17.6. The summed E-state index contributed by atoms with van der Waals surface area (Å²) in [5.41, 5.74) is 2.13. The Morgan fingerprint density at radius 3 is 2.48 bits per heavy atom. The molecular weight excluding hydrogens is 312 g/mol. The third kappa shape index (κ3) is 7.53. The standard InChI is InChI=1S/C22H24O3/c1-24-21-16-14-19(15-17-21)10-6-3-2-4-9-13-22(23)25-18-20-11-7-5-8-12-20/h2-3,5-8,10-12,14-17H,4,9,13,18H2,1H3/b3-2-,10-6+. The van der Waals surface area contributed by atoms with Gasteiger partial charge in [0.25, 0.3) is 0 Å². The maximum atomic E-state index is 11.7. The predicted molar refractivity (Wildman–Crippen MR) is 101 cm³/mol. The molecule has 0 aliphatic rings. The van der Waals surface area contributed by atoms with E-state index in [1.54, 1.807) is 7.11 Å². The molecule has 0 amide bonds. The van der Waals surface area contributed by atoms with Crippen LogP contribution in [0, 0.1) is 0 Å². The number of hydrogen-bond donors (Lipinski definition) is 0. The fraction of sp³-hybridized carbons (Fsp3) is 0.227. The average Bonchev–Trinajstić information content (AvgIpc) is 2.67. The molecule has 0 atom stereocenters. The Balaban J connectivity index is 1.59. The number of allylic oxidation sites excluding steroid dienone is 3.